The molecular weight excluding hydrogens is 452 g/mol. The first-order valence-corrected chi connectivity index (χ1v) is 12.3. The minimum atomic E-state index is -1.75. The maximum Gasteiger partial charge on any atom is 0.268 e. The van der Waals surface area contributed by atoms with Gasteiger partial charge < -0.3 is 15.1 Å². The monoisotopic (exact) mass is 482 g/mol. The highest BCUT2D eigenvalue weighted by Gasteiger charge is 2.52. The fourth-order valence-electron chi connectivity index (χ4n) is 5.33. The van der Waals surface area contributed by atoms with Gasteiger partial charge in [-0.3, -0.25) is 14.5 Å². The lowest BCUT2D eigenvalue weighted by Gasteiger charge is -2.36. The zero-order valence-electron chi connectivity index (χ0n) is 20.2. The van der Waals surface area contributed by atoms with Gasteiger partial charge in [0.05, 0.1) is 18.3 Å². The van der Waals surface area contributed by atoms with Crippen LogP contribution in [0.15, 0.2) is 91.0 Å². The van der Waals surface area contributed by atoms with Crippen molar-refractivity contribution in [3.63, 3.8) is 0 Å². The number of aliphatic hydroxyl groups excluding tert-OH is 1. The molecule has 3 aromatic rings. The molecule has 6 nitrogen and oxygen atoms in total. The molecule has 5 rings (SSSR count). The van der Waals surface area contributed by atoms with Gasteiger partial charge in [-0.1, -0.05) is 79.7 Å². The van der Waals surface area contributed by atoms with E-state index >= 15 is 0 Å². The Hall–Kier alpha value is -3.74. The number of para-hydroxylation sites is 2. The largest absolute Gasteiger partial charge is 0.394 e. The third-order valence-corrected chi connectivity index (χ3v) is 7.36. The fourth-order valence-corrected chi connectivity index (χ4v) is 5.33. The molecule has 0 fully saturated rings. The van der Waals surface area contributed by atoms with Crippen LogP contribution in [-0.4, -0.2) is 39.6 Å². The average molecular weight is 483 g/mol. The Kier molecular flexibility index (Phi) is 6.48. The molecule has 3 atom stereocenters. The van der Waals surface area contributed by atoms with Crippen molar-refractivity contribution >= 4 is 23.2 Å². The van der Waals surface area contributed by atoms with Crippen LogP contribution in [-0.2, 0) is 28.2 Å². The molecule has 36 heavy (non-hydrogen) atoms. The molecule has 0 radical (unpaired) electrons. The van der Waals surface area contributed by atoms with Crippen molar-refractivity contribution in [2.24, 2.45) is 5.92 Å². The zero-order chi connectivity index (χ0) is 25.3. The van der Waals surface area contributed by atoms with Crippen LogP contribution in [0.3, 0.4) is 0 Å². The highest BCUT2D eigenvalue weighted by molar-refractivity contribution is 6.12. The molecule has 0 saturated carbocycles. The van der Waals surface area contributed by atoms with Gasteiger partial charge in [-0.25, -0.2) is 0 Å². The summed E-state index contributed by atoms with van der Waals surface area (Å²) in [5, 5.41) is 21.6. The molecule has 2 heterocycles. The van der Waals surface area contributed by atoms with Gasteiger partial charge in [-0.05, 0) is 35.7 Å². The van der Waals surface area contributed by atoms with E-state index in [0.29, 0.717) is 29.9 Å². The van der Waals surface area contributed by atoms with E-state index in [1.54, 1.807) is 34.9 Å². The Morgan fingerprint density at radius 1 is 1.03 bits per heavy atom. The number of amides is 2. The van der Waals surface area contributed by atoms with Gasteiger partial charge in [0.1, 0.15) is 0 Å². The number of fused-ring (bicyclic) bond motifs is 2. The second-order valence-electron chi connectivity index (χ2n) is 9.51. The number of anilines is 2. The summed E-state index contributed by atoms with van der Waals surface area (Å²) in [6.45, 7) is 2.16. The number of aliphatic hydroxyl groups is 2. The molecule has 0 saturated heterocycles. The van der Waals surface area contributed by atoms with Crippen molar-refractivity contribution in [1.82, 2.24) is 4.90 Å². The number of benzene rings is 3. The molecule has 0 bridgehead atoms. The van der Waals surface area contributed by atoms with Crippen LogP contribution in [0.25, 0.3) is 0 Å². The van der Waals surface area contributed by atoms with E-state index in [4.69, 9.17) is 0 Å². The average Bonchev–Trinajstić information content (AvgIpc) is 3.15. The number of nitrogens with zero attached hydrogens (tertiary/aromatic N) is 2. The third-order valence-electron chi connectivity index (χ3n) is 7.36. The van der Waals surface area contributed by atoms with Crippen molar-refractivity contribution in [2.75, 3.05) is 11.5 Å². The van der Waals surface area contributed by atoms with E-state index in [1.165, 1.54) is 0 Å². The Morgan fingerprint density at radius 2 is 1.69 bits per heavy atom. The highest BCUT2D eigenvalue weighted by atomic mass is 16.3. The van der Waals surface area contributed by atoms with Crippen LogP contribution < -0.4 is 4.90 Å². The minimum Gasteiger partial charge on any atom is -0.394 e. The molecule has 0 aliphatic carbocycles. The zero-order valence-corrected chi connectivity index (χ0v) is 20.2. The Balaban J connectivity index is 1.34. The predicted octanol–water partition coefficient (Wildman–Crippen LogP) is 4.08. The van der Waals surface area contributed by atoms with Crippen molar-refractivity contribution in [2.45, 2.75) is 38.0 Å². The molecule has 2 aliphatic rings. The summed E-state index contributed by atoms with van der Waals surface area (Å²) in [6, 6.07) is 24.3. The van der Waals surface area contributed by atoms with Crippen LogP contribution in [0, 0.1) is 5.92 Å². The van der Waals surface area contributed by atoms with Gasteiger partial charge in [0.15, 0.2) is 5.60 Å². The van der Waals surface area contributed by atoms with E-state index in [-0.39, 0.29) is 25.0 Å². The predicted molar refractivity (Wildman–Crippen MR) is 138 cm³/mol. The molecule has 2 aliphatic heterocycles. The molecular formula is C30H30N2O4. The van der Waals surface area contributed by atoms with E-state index in [0.717, 1.165) is 11.1 Å². The third kappa shape index (κ3) is 4.02. The molecule has 6 heteroatoms. The summed E-state index contributed by atoms with van der Waals surface area (Å²) in [5.41, 5.74) is 2.41. The summed E-state index contributed by atoms with van der Waals surface area (Å²) in [7, 11) is 0. The number of carbonyl (C=O) groups excluding carboxylic acids is 2. The van der Waals surface area contributed by atoms with Crippen LogP contribution in [0.4, 0.5) is 11.4 Å². The van der Waals surface area contributed by atoms with E-state index < -0.39 is 17.4 Å². The van der Waals surface area contributed by atoms with Crippen LogP contribution in [0.2, 0.25) is 0 Å². The standard InChI is InChI=1S/C30H30N2O4/c1-21(10-9-17-28(34)31-19-23-12-6-5-11-22(23)18-25(31)20-33)30(36)26-15-7-8-16-27(26)32(29(30)35)24-13-3-2-4-14-24/h2-16,21,25,33,36H,17-20H2,1H3/b10-9+/t21-,25+,30+/m1/s1. The van der Waals surface area contributed by atoms with Gasteiger partial charge in [0.2, 0.25) is 5.91 Å². The van der Waals surface area contributed by atoms with Crippen molar-refractivity contribution in [3.8, 4) is 0 Å². The lowest BCUT2D eigenvalue weighted by molar-refractivity contribution is -0.138. The fraction of sp³-hybridized carbons (Fsp3) is 0.267. The summed E-state index contributed by atoms with van der Waals surface area (Å²) in [5.74, 6) is -1.07. The Bertz CT molecular complexity index is 1310. The quantitative estimate of drug-likeness (QED) is 0.519. The first-order valence-electron chi connectivity index (χ1n) is 12.3. The molecule has 3 aromatic carbocycles. The van der Waals surface area contributed by atoms with Crippen molar-refractivity contribution < 1.29 is 19.8 Å². The van der Waals surface area contributed by atoms with E-state index in [9.17, 15) is 19.8 Å². The number of hydrogen-bond acceptors (Lipinski definition) is 4. The van der Waals surface area contributed by atoms with Gasteiger partial charge in [-0.2, -0.15) is 0 Å². The van der Waals surface area contributed by atoms with Gasteiger partial charge >= 0.3 is 0 Å². The van der Waals surface area contributed by atoms with E-state index in [1.807, 2.05) is 72.8 Å². The maximum atomic E-state index is 13.6. The Morgan fingerprint density at radius 3 is 2.44 bits per heavy atom. The molecule has 184 valence electrons. The summed E-state index contributed by atoms with van der Waals surface area (Å²) in [4.78, 5) is 30.0. The lowest BCUT2D eigenvalue weighted by Crippen LogP contribution is -2.46. The molecule has 0 aromatic heterocycles. The van der Waals surface area contributed by atoms with Crippen LogP contribution >= 0.6 is 0 Å². The second-order valence-corrected chi connectivity index (χ2v) is 9.51. The first-order chi connectivity index (χ1) is 17.4. The molecule has 2 amide bonds. The second kappa shape index (κ2) is 9.72. The number of hydrogen-bond donors (Lipinski definition) is 2. The van der Waals surface area contributed by atoms with Gasteiger partial charge in [0, 0.05) is 30.1 Å². The van der Waals surface area contributed by atoms with Gasteiger partial charge in [-0.15, -0.1) is 0 Å². The minimum absolute atomic E-state index is 0.0944. The SMILES string of the molecule is C[C@H](/C=C/CC(=O)N1Cc2ccccc2C[C@H]1CO)[C@@]1(O)C(=O)N(c2ccccc2)c2ccccc21. The van der Waals surface area contributed by atoms with Crippen molar-refractivity contribution in [1.29, 1.82) is 0 Å². The van der Waals surface area contributed by atoms with Gasteiger partial charge in [0.25, 0.3) is 5.91 Å². The van der Waals surface area contributed by atoms with Crippen LogP contribution in [0.1, 0.15) is 30.0 Å². The Labute approximate surface area is 211 Å². The number of carbonyl (C=O) groups is 2. The molecule has 0 unspecified atom stereocenters. The lowest BCUT2D eigenvalue weighted by atomic mass is 9.83. The topological polar surface area (TPSA) is 81.1 Å². The molecule has 2 N–H and O–H groups in total. The summed E-state index contributed by atoms with van der Waals surface area (Å²) >= 11 is 0. The smallest absolute Gasteiger partial charge is 0.268 e. The number of rotatable bonds is 6. The highest BCUT2D eigenvalue weighted by Crippen LogP contribution is 2.48. The van der Waals surface area contributed by atoms with E-state index in [2.05, 4.69) is 0 Å². The van der Waals surface area contributed by atoms with Crippen LogP contribution in [0.5, 0.6) is 0 Å². The first kappa shape index (κ1) is 24.0. The van der Waals surface area contributed by atoms with Crippen molar-refractivity contribution in [3.05, 3.63) is 108 Å². The summed E-state index contributed by atoms with van der Waals surface area (Å²) < 4.78 is 0. The normalized spacial score (nSPS) is 22.0. The maximum absolute atomic E-state index is 13.6. The molecule has 0 spiro atoms. The summed E-state index contributed by atoms with van der Waals surface area (Å²) in [6.07, 6.45) is 4.21.